The van der Waals surface area contributed by atoms with Gasteiger partial charge in [0.25, 0.3) is 0 Å². The first-order chi connectivity index (χ1) is 7.94. The maximum absolute atomic E-state index is 11.3. The second kappa shape index (κ2) is 5.42. The summed E-state index contributed by atoms with van der Waals surface area (Å²) in [6, 6.07) is 0.122. The van der Waals surface area contributed by atoms with Gasteiger partial charge in [0.2, 0.25) is 10.0 Å². The van der Waals surface area contributed by atoms with Crippen molar-refractivity contribution in [1.29, 1.82) is 5.26 Å². The molecule has 17 heavy (non-hydrogen) atoms. The van der Waals surface area contributed by atoms with Gasteiger partial charge in [0, 0.05) is 18.3 Å². The number of aromatic nitrogens is 2. The van der Waals surface area contributed by atoms with Crippen LogP contribution in [-0.4, -0.2) is 41.3 Å². The molecule has 0 aliphatic rings. The molecule has 1 aromatic rings. The van der Waals surface area contributed by atoms with Crippen molar-refractivity contribution in [2.24, 2.45) is 0 Å². The SMILES string of the molecule is N#CCS(=O)(=O)N[C@@H](Cc1cnc[nH]1)C(=O)O. The van der Waals surface area contributed by atoms with Gasteiger partial charge in [-0.15, -0.1) is 0 Å². The summed E-state index contributed by atoms with van der Waals surface area (Å²) in [5, 5.41) is 17.1. The molecule has 92 valence electrons. The predicted molar refractivity (Wildman–Crippen MR) is 56.3 cm³/mol. The lowest BCUT2D eigenvalue weighted by Gasteiger charge is -2.12. The molecular formula is C8H10N4O4S. The summed E-state index contributed by atoms with van der Waals surface area (Å²) >= 11 is 0. The first kappa shape index (κ1) is 13.1. The molecule has 0 aliphatic carbocycles. The number of carboxylic acid groups (broad SMARTS) is 1. The van der Waals surface area contributed by atoms with E-state index in [9.17, 15) is 13.2 Å². The van der Waals surface area contributed by atoms with Crippen LogP contribution in [0.15, 0.2) is 12.5 Å². The first-order valence-corrected chi connectivity index (χ1v) is 6.17. The zero-order valence-corrected chi connectivity index (χ0v) is 9.44. The molecule has 0 saturated carbocycles. The van der Waals surface area contributed by atoms with E-state index in [-0.39, 0.29) is 6.42 Å². The quantitative estimate of drug-likeness (QED) is 0.589. The normalized spacial score (nSPS) is 12.9. The van der Waals surface area contributed by atoms with Crippen molar-refractivity contribution in [2.75, 3.05) is 5.75 Å². The number of sulfonamides is 1. The molecule has 0 unspecified atom stereocenters. The van der Waals surface area contributed by atoms with Crippen LogP contribution in [0.5, 0.6) is 0 Å². The minimum atomic E-state index is -3.91. The Balaban J connectivity index is 2.75. The number of rotatable bonds is 6. The van der Waals surface area contributed by atoms with Crippen LogP contribution in [0.3, 0.4) is 0 Å². The molecule has 1 rings (SSSR count). The van der Waals surface area contributed by atoms with E-state index in [0.29, 0.717) is 5.69 Å². The minimum absolute atomic E-state index is 0.0695. The third kappa shape index (κ3) is 4.21. The molecule has 9 heteroatoms. The maximum atomic E-state index is 11.3. The number of carbonyl (C=O) groups is 1. The molecule has 0 bridgehead atoms. The maximum Gasteiger partial charge on any atom is 0.322 e. The lowest BCUT2D eigenvalue weighted by atomic mass is 10.2. The predicted octanol–water partition coefficient (Wildman–Crippen LogP) is -1.15. The lowest BCUT2D eigenvalue weighted by molar-refractivity contribution is -0.138. The number of aliphatic carboxylic acids is 1. The summed E-state index contributed by atoms with van der Waals surface area (Å²) in [4.78, 5) is 17.2. The molecule has 0 fully saturated rings. The fourth-order valence-electron chi connectivity index (χ4n) is 1.14. The van der Waals surface area contributed by atoms with Crippen LogP contribution in [0, 0.1) is 11.3 Å². The van der Waals surface area contributed by atoms with Crippen LogP contribution in [0.1, 0.15) is 5.69 Å². The number of hydrogen-bond acceptors (Lipinski definition) is 5. The highest BCUT2D eigenvalue weighted by molar-refractivity contribution is 7.89. The fourth-order valence-corrected chi connectivity index (χ4v) is 2.01. The number of aromatic amines is 1. The highest BCUT2D eigenvalue weighted by atomic mass is 32.2. The van der Waals surface area contributed by atoms with Crippen molar-refractivity contribution in [3.8, 4) is 6.07 Å². The zero-order chi connectivity index (χ0) is 12.9. The van der Waals surface area contributed by atoms with Gasteiger partial charge in [-0.25, -0.2) is 13.4 Å². The van der Waals surface area contributed by atoms with E-state index in [0.717, 1.165) is 0 Å². The number of hydrogen-bond donors (Lipinski definition) is 3. The Morgan fingerprint density at radius 3 is 2.88 bits per heavy atom. The van der Waals surface area contributed by atoms with Gasteiger partial charge < -0.3 is 10.1 Å². The lowest BCUT2D eigenvalue weighted by Crippen LogP contribution is -2.43. The van der Waals surface area contributed by atoms with Crippen LogP contribution in [0.4, 0.5) is 0 Å². The van der Waals surface area contributed by atoms with E-state index in [1.807, 2.05) is 4.72 Å². The van der Waals surface area contributed by atoms with E-state index in [2.05, 4.69) is 9.97 Å². The topological polar surface area (TPSA) is 136 Å². The second-order valence-electron chi connectivity index (χ2n) is 3.21. The Morgan fingerprint density at radius 2 is 2.41 bits per heavy atom. The largest absolute Gasteiger partial charge is 0.480 e. The summed E-state index contributed by atoms with van der Waals surface area (Å²) in [5.74, 6) is -2.10. The molecule has 1 heterocycles. The van der Waals surface area contributed by atoms with Gasteiger partial charge in [-0.2, -0.15) is 9.98 Å². The Bertz CT molecular complexity index is 516. The molecule has 0 radical (unpaired) electrons. The number of nitrogens with one attached hydrogen (secondary N) is 2. The van der Waals surface area contributed by atoms with E-state index >= 15 is 0 Å². The molecule has 0 spiro atoms. The smallest absolute Gasteiger partial charge is 0.322 e. The third-order valence-electron chi connectivity index (χ3n) is 1.85. The molecule has 0 amide bonds. The van der Waals surface area contributed by atoms with Crippen molar-refractivity contribution in [3.05, 3.63) is 18.2 Å². The summed E-state index contributed by atoms with van der Waals surface area (Å²) in [7, 11) is -3.91. The molecule has 0 saturated heterocycles. The minimum Gasteiger partial charge on any atom is -0.480 e. The van der Waals surface area contributed by atoms with Crippen LogP contribution < -0.4 is 4.72 Å². The highest BCUT2D eigenvalue weighted by Crippen LogP contribution is 2.00. The Labute approximate surface area is 97.3 Å². The molecule has 1 aromatic heterocycles. The van der Waals surface area contributed by atoms with E-state index in [1.54, 1.807) is 0 Å². The molecule has 1 atom stereocenters. The molecule has 8 nitrogen and oxygen atoms in total. The monoisotopic (exact) mass is 258 g/mol. The molecule has 0 aliphatic heterocycles. The Morgan fingerprint density at radius 1 is 1.71 bits per heavy atom. The summed E-state index contributed by atoms with van der Waals surface area (Å²) in [6.07, 6.45) is 2.69. The summed E-state index contributed by atoms with van der Waals surface area (Å²) in [6.45, 7) is 0. The van der Waals surface area contributed by atoms with Crippen molar-refractivity contribution in [2.45, 2.75) is 12.5 Å². The average molecular weight is 258 g/mol. The van der Waals surface area contributed by atoms with E-state index in [4.69, 9.17) is 10.4 Å². The van der Waals surface area contributed by atoms with Crippen LogP contribution in [0.2, 0.25) is 0 Å². The standard InChI is InChI=1S/C8H10N4O4S/c9-1-2-17(15,16)12-7(8(13)14)3-6-4-10-5-11-6/h4-5,7,12H,2-3H2,(H,10,11)(H,13,14)/t7-/m0/s1. The van der Waals surface area contributed by atoms with E-state index in [1.165, 1.54) is 18.6 Å². The van der Waals surface area contributed by atoms with Crippen molar-refractivity contribution in [1.82, 2.24) is 14.7 Å². The van der Waals surface area contributed by atoms with Gasteiger partial charge in [-0.3, -0.25) is 4.79 Å². The molecular weight excluding hydrogens is 248 g/mol. The highest BCUT2D eigenvalue weighted by Gasteiger charge is 2.24. The van der Waals surface area contributed by atoms with Crippen molar-refractivity contribution >= 4 is 16.0 Å². The van der Waals surface area contributed by atoms with Crippen LogP contribution in [0.25, 0.3) is 0 Å². The van der Waals surface area contributed by atoms with Crippen LogP contribution in [-0.2, 0) is 21.2 Å². The number of nitriles is 1. The fraction of sp³-hybridized carbons (Fsp3) is 0.375. The van der Waals surface area contributed by atoms with Crippen LogP contribution >= 0.6 is 0 Å². The second-order valence-corrected chi connectivity index (χ2v) is 4.96. The number of carboxylic acids is 1. The third-order valence-corrected chi connectivity index (χ3v) is 3.01. The number of imidazole rings is 1. The zero-order valence-electron chi connectivity index (χ0n) is 8.62. The van der Waals surface area contributed by atoms with Crippen molar-refractivity contribution in [3.63, 3.8) is 0 Å². The Hall–Kier alpha value is -1.92. The van der Waals surface area contributed by atoms with Gasteiger partial charge in [0.05, 0.1) is 12.4 Å². The van der Waals surface area contributed by atoms with Gasteiger partial charge in [0.1, 0.15) is 6.04 Å². The first-order valence-electron chi connectivity index (χ1n) is 4.51. The number of nitrogens with zero attached hydrogens (tertiary/aromatic N) is 2. The van der Waals surface area contributed by atoms with E-state index < -0.39 is 27.8 Å². The molecule has 0 aromatic carbocycles. The Kier molecular flexibility index (Phi) is 4.19. The summed E-state index contributed by atoms with van der Waals surface area (Å²) in [5.41, 5.74) is 0.483. The average Bonchev–Trinajstić information content (AvgIpc) is 2.68. The van der Waals surface area contributed by atoms with Gasteiger partial charge in [-0.05, 0) is 0 Å². The van der Waals surface area contributed by atoms with Gasteiger partial charge in [-0.1, -0.05) is 0 Å². The number of H-pyrrole nitrogens is 1. The molecule has 3 N–H and O–H groups in total. The van der Waals surface area contributed by atoms with Gasteiger partial charge in [0.15, 0.2) is 5.75 Å². The van der Waals surface area contributed by atoms with Gasteiger partial charge >= 0.3 is 5.97 Å². The summed E-state index contributed by atoms with van der Waals surface area (Å²) < 4.78 is 24.4. The van der Waals surface area contributed by atoms with Crippen molar-refractivity contribution < 1.29 is 18.3 Å².